The van der Waals surface area contributed by atoms with Crippen molar-refractivity contribution in [2.75, 3.05) is 18.2 Å². The molecule has 0 bridgehead atoms. The van der Waals surface area contributed by atoms with Crippen LogP contribution < -0.4 is 15.8 Å². The molecule has 3 nitrogen and oxygen atoms in total. The van der Waals surface area contributed by atoms with Gasteiger partial charge >= 0.3 is 6.18 Å². The van der Waals surface area contributed by atoms with E-state index in [0.717, 1.165) is 6.07 Å². The fraction of sp³-hybridized carbons (Fsp3) is 0.143. The molecule has 0 aromatic heterocycles. The van der Waals surface area contributed by atoms with Crippen LogP contribution in [0.5, 0.6) is 5.75 Å². The number of rotatable bonds is 3. The highest BCUT2D eigenvalue weighted by atomic mass is 19.4. The summed E-state index contributed by atoms with van der Waals surface area (Å²) in [4.78, 5) is 0. The van der Waals surface area contributed by atoms with Crippen LogP contribution in [0.4, 0.5) is 30.2 Å². The predicted molar refractivity (Wildman–Crippen MR) is 72.1 cm³/mol. The minimum Gasteiger partial charge on any atom is -0.495 e. The number of alkyl halides is 3. The number of halogens is 3. The molecule has 0 amide bonds. The Kier molecular flexibility index (Phi) is 3.74. The lowest BCUT2D eigenvalue weighted by Crippen LogP contribution is -2.08. The summed E-state index contributed by atoms with van der Waals surface area (Å²) >= 11 is 0. The van der Waals surface area contributed by atoms with Crippen LogP contribution in [0.15, 0.2) is 42.5 Å². The van der Waals surface area contributed by atoms with Crippen molar-refractivity contribution in [3.63, 3.8) is 0 Å². The predicted octanol–water partition coefficient (Wildman–Crippen LogP) is 4.04. The highest BCUT2D eigenvalue weighted by molar-refractivity contribution is 5.68. The maximum absolute atomic E-state index is 12.9. The van der Waals surface area contributed by atoms with E-state index in [4.69, 9.17) is 10.5 Å². The van der Waals surface area contributed by atoms with E-state index in [9.17, 15) is 13.2 Å². The standard InChI is InChI=1S/C14H13F3N2O/c1-20-13-8-9(6-7-11(13)18)19-12-5-3-2-4-10(12)14(15,16)17/h2-8,19H,18H2,1H3. The van der Waals surface area contributed by atoms with Crippen molar-refractivity contribution in [1.82, 2.24) is 0 Å². The number of hydrogen-bond acceptors (Lipinski definition) is 3. The lowest BCUT2D eigenvalue weighted by molar-refractivity contribution is -0.136. The average molecular weight is 282 g/mol. The van der Waals surface area contributed by atoms with Crippen molar-refractivity contribution in [2.24, 2.45) is 0 Å². The van der Waals surface area contributed by atoms with Gasteiger partial charge in [0.05, 0.1) is 24.0 Å². The van der Waals surface area contributed by atoms with Crippen molar-refractivity contribution < 1.29 is 17.9 Å². The number of hydrogen-bond donors (Lipinski definition) is 2. The molecule has 0 atom stereocenters. The van der Waals surface area contributed by atoms with Crippen LogP contribution >= 0.6 is 0 Å². The third kappa shape index (κ3) is 2.96. The lowest BCUT2D eigenvalue weighted by atomic mass is 10.1. The summed E-state index contributed by atoms with van der Waals surface area (Å²) in [5.74, 6) is 0.402. The topological polar surface area (TPSA) is 47.3 Å². The third-order valence-corrected chi connectivity index (χ3v) is 2.74. The van der Waals surface area contributed by atoms with E-state index in [1.165, 1.54) is 25.3 Å². The SMILES string of the molecule is COc1cc(Nc2ccccc2C(F)(F)F)ccc1N. The molecule has 0 spiro atoms. The summed E-state index contributed by atoms with van der Waals surface area (Å²) in [6.45, 7) is 0. The lowest BCUT2D eigenvalue weighted by Gasteiger charge is -2.15. The fourth-order valence-corrected chi connectivity index (χ4v) is 1.78. The van der Waals surface area contributed by atoms with Crippen molar-refractivity contribution in [3.05, 3.63) is 48.0 Å². The molecule has 106 valence electrons. The summed E-state index contributed by atoms with van der Waals surface area (Å²) in [6, 6.07) is 9.97. The highest BCUT2D eigenvalue weighted by Gasteiger charge is 2.33. The van der Waals surface area contributed by atoms with Crippen molar-refractivity contribution in [3.8, 4) is 5.75 Å². The second-order valence-corrected chi connectivity index (χ2v) is 4.13. The Morgan fingerprint density at radius 3 is 2.45 bits per heavy atom. The van der Waals surface area contributed by atoms with E-state index in [-0.39, 0.29) is 5.69 Å². The van der Waals surface area contributed by atoms with Crippen LogP contribution in [-0.2, 0) is 6.18 Å². The number of ether oxygens (including phenoxy) is 1. The van der Waals surface area contributed by atoms with Crippen LogP contribution in [0, 0.1) is 0 Å². The first-order chi connectivity index (χ1) is 9.41. The van der Waals surface area contributed by atoms with Gasteiger partial charge in [-0.05, 0) is 24.3 Å². The highest BCUT2D eigenvalue weighted by Crippen LogP contribution is 2.36. The second kappa shape index (κ2) is 5.32. The Bertz CT molecular complexity index is 612. The summed E-state index contributed by atoms with van der Waals surface area (Å²) < 4.78 is 43.7. The van der Waals surface area contributed by atoms with Crippen LogP contribution in [0.1, 0.15) is 5.56 Å². The Morgan fingerprint density at radius 2 is 1.80 bits per heavy atom. The molecule has 6 heteroatoms. The fourth-order valence-electron chi connectivity index (χ4n) is 1.78. The van der Waals surface area contributed by atoms with Gasteiger partial charge in [0.1, 0.15) is 5.75 Å². The molecular weight excluding hydrogens is 269 g/mol. The van der Waals surface area contributed by atoms with Crippen LogP contribution in [0.25, 0.3) is 0 Å². The average Bonchev–Trinajstić information content (AvgIpc) is 2.40. The van der Waals surface area contributed by atoms with Gasteiger partial charge in [0.25, 0.3) is 0 Å². The van der Waals surface area contributed by atoms with Gasteiger partial charge in [-0.1, -0.05) is 12.1 Å². The molecule has 0 saturated heterocycles. The van der Waals surface area contributed by atoms with Gasteiger partial charge in [-0.2, -0.15) is 13.2 Å². The molecule has 2 aromatic carbocycles. The monoisotopic (exact) mass is 282 g/mol. The number of methoxy groups -OCH3 is 1. The molecule has 0 aliphatic rings. The molecule has 2 rings (SSSR count). The molecule has 0 fully saturated rings. The molecule has 0 radical (unpaired) electrons. The van der Waals surface area contributed by atoms with E-state index >= 15 is 0 Å². The maximum Gasteiger partial charge on any atom is 0.418 e. The number of nitrogens with two attached hydrogens (primary N) is 1. The van der Waals surface area contributed by atoms with Crippen molar-refractivity contribution in [2.45, 2.75) is 6.18 Å². The van der Waals surface area contributed by atoms with Crippen molar-refractivity contribution >= 4 is 17.1 Å². The summed E-state index contributed by atoms with van der Waals surface area (Å²) in [5.41, 5.74) is 5.80. The van der Waals surface area contributed by atoms with Gasteiger partial charge < -0.3 is 15.8 Å². The number of nitrogen functional groups attached to an aromatic ring is 1. The molecule has 3 N–H and O–H groups in total. The molecule has 0 aliphatic carbocycles. The first kappa shape index (κ1) is 14.0. The number of benzene rings is 2. The Labute approximate surface area is 114 Å². The molecule has 0 saturated carbocycles. The number of anilines is 3. The molecule has 0 aliphatic heterocycles. The number of para-hydroxylation sites is 1. The maximum atomic E-state index is 12.9. The number of nitrogens with one attached hydrogen (secondary N) is 1. The van der Waals surface area contributed by atoms with E-state index in [2.05, 4.69) is 5.32 Å². The Hall–Kier alpha value is -2.37. The zero-order chi connectivity index (χ0) is 14.8. The van der Waals surface area contributed by atoms with E-state index in [0.29, 0.717) is 17.1 Å². The van der Waals surface area contributed by atoms with Gasteiger partial charge in [0.2, 0.25) is 0 Å². The summed E-state index contributed by atoms with van der Waals surface area (Å²) in [6.07, 6.45) is -4.42. The van der Waals surface area contributed by atoms with Crippen molar-refractivity contribution in [1.29, 1.82) is 0 Å². The Balaban J connectivity index is 2.36. The second-order valence-electron chi connectivity index (χ2n) is 4.13. The van der Waals surface area contributed by atoms with Crippen LogP contribution in [0.2, 0.25) is 0 Å². The van der Waals surface area contributed by atoms with E-state index in [1.807, 2.05) is 0 Å². The largest absolute Gasteiger partial charge is 0.495 e. The van der Waals surface area contributed by atoms with Gasteiger partial charge in [0.15, 0.2) is 0 Å². The van der Waals surface area contributed by atoms with E-state index < -0.39 is 11.7 Å². The van der Waals surface area contributed by atoms with Crippen LogP contribution in [-0.4, -0.2) is 7.11 Å². The quantitative estimate of drug-likeness (QED) is 0.835. The smallest absolute Gasteiger partial charge is 0.418 e. The molecule has 0 heterocycles. The molecule has 0 unspecified atom stereocenters. The first-order valence-corrected chi connectivity index (χ1v) is 5.78. The Morgan fingerprint density at radius 1 is 1.10 bits per heavy atom. The zero-order valence-electron chi connectivity index (χ0n) is 10.7. The molecule has 20 heavy (non-hydrogen) atoms. The van der Waals surface area contributed by atoms with Crippen LogP contribution in [0.3, 0.4) is 0 Å². The van der Waals surface area contributed by atoms with E-state index in [1.54, 1.807) is 18.2 Å². The van der Waals surface area contributed by atoms with Gasteiger partial charge in [-0.25, -0.2) is 0 Å². The van der Waals surface area contributed by atoms with Gasteiger partial charge in [-0.15, -0.1) is 0 Å². The third-order valence-electron chi connectivity index (χ3n) is 2.74. The molecular formula is C14H13F3N2O. The first-order valence-electron chi connectivity index (χ1n) is 5.78. The van der Waals surface area contributed by atoms with Gasteiger partial charge in [-0.3, -0.25) is 0 Å². The zero-order valence-corrected chi connectivity index (χ0v) is 10.7. The summed E-state index contributed by atoms with van der Waals surface area (Å²) in [5, 5.41) is 2.73. The minimum atomic E-state index is -4.42. The van der Waals surface area contributed by atoms with Gasteiger partial charge in [0, 0.05) is 11.8 Å². The molecule has 2 aromatic rings. The normalized spacial score (nSPS) is 11.2. The minimum absolute atomic E-state index is 0.0215. The summed E-state index contributed by atoms with van der Waals surface area (Å²) in [7, 11) is 1.44.